The van der Waals surface area contributed by atoms with E-state index in [0.717, 1.165) is 16.8 Å². The highest BCUT2D eigenvalue weighted by atomic mass is 31.1. The first-order valence-corrected chi connectivity index (χ1v) is 9.90. The third-order valence-corrected chi connectivity index (χ3v) is 4.47. The molecule has 2 aromatic carbocycles. The fourth-order valence-corrected chi connectivity index (χ4v) is 3.01. The standard InChI is InChI=1S/C20H19FN3O4P/c1-24-20(15-4-7-17(21)8-5-15)16(12-22-24)6-11-19(25)23-18-9-2-14(3-10-18)13-28-29(26)27/h2-12,29H,13H2,1H3,(H,23,25)(H,26,27)/b11-6-. The Balaban J connectivity index is 1.67. The van der Waals surface area contributed by atoms with E-state index < -0.39 is 8.25 Å². The van der Waals surface area contributed by atoms with Crippen LogP contribution >= 0.6 is 8.25 Å². The third kappa shape index (κ3) is 5.71. The maximum absolute atomic E-state index is 13.2. The topological polar surface area (TPSA) is 93.5 Å². The molecule has 1 amide bonds. The minimum atomic E-state index is -2.97. The number of amides is 1. The summed E-state index contributed by atoms with van der Waals surface area (Å²) in [5.41, 5.74) is 3.56. The number of nitrogens with zero attached hydrogens (tertiary/aromatic N) is 2. The Hall–Kier alpha value is -3.06. The normalized spacial score (nSPS) is 12.2. The van der Waals surface area contributed by atoms with Crippen LogP contribution in [0, 0.1) is 5.82 Å². The van der Waals surface area contributed by atoms with E-state index in [1.807, 2.05) is 0 Å². The highest BCUT2D eigenvalue weighted by Crippen LogP contribution is 2.24. The predicted molar refractivity (Wildman–Crippen MR) is 109 cm³/mol. The molecule has 1 heterocycles. The van der Waals surface area contributed by atoms with Crippen molar-refractivity contribution in [2.24, 2.45) is 7.05 Å². The summed E-state index contributed by atoms with van der Waals surface area (Å²) in [5, 5.41) is 6.94. The molecule has 0 aliphatic carbocycles. The van der Waals surface area contributed by atoms with Crippen LogP contribution in [-0.4, -0.2) is 20.6 Å². The average molecular weight is 415 g/mol. The van der Waals surface area contributed by atoms with Crippen molar-refractivity contribution in [3.8, 4) is 11.3 Å². The molecule has 9 heteroatoms. The average Bonchev–Trinajstić information content (AvgIpc) is 3.07. The lowest BCUT2D eigenvalue weighted by Gasteiger charge is -2.05. The van der Waals surface area contributed by atoms with Crippen LogP contribution in [-0.2, 0) is 27.5 Å². The summed E-state index contributed by atoms with van der Waals surface area (Å²) in [6.45, 7) is 0.0234. The number of anilines is 1. The van der Waals surface area contributed by atoms with Crippen molar-refractivity contribution >= 4 is 25.9 Å². The van der Waals surface area contributed by atoms with Crippen LogP contribution in [0.2, 0.25) is 0 Å². The Morgan fingerprint density at radius 3 is 2.59 bits per heavy atom. The van der Waals surface area contributed by atoms with Crippen molar-refractivity contribution in [1.29, 1.82) is 0 Å². The molecule has 0 radical (unpaired) electrons. The van der Waals surface area contributed by atoms with Gasteiger partial charge in [-0.1, -0.05) is 12.1 Å². The van der Waals surface area contributed by atoms with Crippen molar-refractivity contribution < 1.29 is 23.2 Å². The first-order chi connectivity index (χ1) is 13.9. The van der Waals surface area contributed by atoms with Crippen LogP contribution in [0.25, 0.3) is 17.3 Å². The van der Waals surface area contributed by atoms with E-state index in [2.05, 4.69) is 14.9 Å². The first-order valence-electron chi connectivity index (χ1n) is 8.64. The Kier molecular flexibility index (Phi) is 6.72. The number of rotatable bonds is 7. The first kappa shape index (κ1) is 20.7. The van der Waals surface area contributed by atoms with E-state index in [1.165, 1.54) is 18.2 Å². The molecule has 150 valence electrons. The summed E-state index contributed by atoms with van der Waals surface area (Å²) < 4.78 is 30.1. The van der Waals surface area contributed by atoms with Crippen molar-refractivity contribution in [2.45, 2.75) is 6.61 Å². The molecule has 3 aromatic rings. The third-order valence-electron chi connectivity index (χ3n) is 4.08. The van der Waals surface area contributed by atoms with Gasteiger partial charge in [-0.15, -0.1) is 0 Å². The van der Waals surface area contributed by atoms with Crippen LogP contribution < -0.4 is 5.32 Å². The molecule has 1 aromatic heterocycles. The molecule has 0 spiro atoms. The number of aromatic nitrogens is 2. The van der Waals surface area contributed by atoms with Crippen LogP contribution in [0.5, 0.6) is 0 Å². The van der Waals surface area contributed by atoms with Crippen molar-refractivity contribution in [3.63, 3.8) is 0 Å². The van der Waals surface area contributed by atoms with Gasteiger partial charge in [-0.05, 0) is 48.0 Å². The maximum atomic E-state index is 13.2. The lowest BCUT2D eigenvalue weighted by molar-refractivity contribution is -0.111. The molecule has 1 atom stereocenters. The molecule has 0 aliphatic rings. The second kappa shape index (κ2) is 9.43. The smallest absolute Gasteiger partial charge is 0.316 e. The van der Waals surface area contributed by atoms with E-state index >= 15 is 0 Å². The number of aryl methyl sites for hydroxylation is 1. The van der Waals surface area contributed by atoms with Crippen LogP contribution in [0.1, 0.15) is 11.1 Å². The highest BCUT2D eigenvalue weighted by molar-refractivity contribution is 7.32. The van der Waals surface area contributed by atoms with Gasteiger partial charge in [0, 0.05) is 29.9 Å². The zero-order valence-electron chi connectivity index (χ0n) is 15.5. The SMILES string of the molecule is Cn1ncc(/C=C\C(=O)Nc2ccc(CO[PH](=O)O)cc2)c1-c1ccc(F)cc1. The fraction of sp³-hybridized carbons (Fsp3) is 0.100. The molecule has 0 saturated carbocycles. The van der Waals surface area contributed by atoms with Gasteiger partial charge < -0.3 is 14.7 Å². The van der Waals surface area contributed by atoms with E-state index in [1.54, 1.807) is 60.4 Å². The van der Waals surface area contributed by atoms with Crippen LogP contribution in [0.3, 0.4) is 0 Å². The molecular weight excluding hydrogens is 396 g/mol. The lowest BCUT2D eigenvalue weighted by atomic mass is 10.1. The molecule has 0 aliphatic heterocycles. The number of carbonyl (C=O) groups is 1. The van der Waals surface area contributed by atoms with Gasteiger partial charge in [-0.3, -0.25) is 14.0 Å². The van der Waals surface area contributed by atoms with Gasteiger partial charge in [0.05, 0.1) is 18.5 Å². The molecule has 2 N–H and O–H groups in total. The Morgan fingerprint density at radius 1 is 1.24 bits per heavy atom. The van der Waals surface area contributed by atoms with Gasteiger partial charge in [-0.25, -0.2) is 4.39 Å². The summed E-state index contributed by atoms with van der Waals surface area (Å²) in [6, 6.07) is 12.8. The van der Waals surface area contributed by atoms with E-state index in [4.69, 9.17) is 4.89 Å². The molecule has 29 heavy (non-hydrogen) atoms. The molecule has 3 rings (SSSR count). The Labute approximate surface area is 167 Å². The number of halogens is 1. The fourth-order valence-electron chi connectivity index (χ4n) is 2.72. The Morgan fingerprint density at radius 2 is 1.93 bits per heavy atom. The quantitative estimate of drug-likeness (QED) is 0.453. The zero-order valence-corrected chi connectivity index (χ0v) is 16.5. The molecule has 7 nitrogen and oxygen atoms in total. The van der Waals surface area contributed by atoms with Crippen molar-refractivity contribution in [3.05, 3.63) is 77.7 Å². The Bertz CT molecular complexity index is 1050. The van der Waals surface area contributed by atoms with Gasteiger partial charge >= 0.3 is 8.25 Å². The summed E-state index contributed by atoms with van der Waals surface area (Å²) in [4.78, 5) is 20.9. The molecule has 1 unspecified atom stereocenters. The summed E-state index contributed by atoms with van der Waals surface area (Å²) in [7, 11) is -1.20. The number of hydrogen-bond acceptors (Lipinski definition) is 4. The highest BCUT2D eigenvalue weighted by Gasteiger charge is 2.09. The molecule has 0 saturated heterocycles. The monoisotopic (exact) mass is 415 g/mol. The van der Waals surface area contributed by atoms with Gasteiger partial charge in [0.1, 0.15) is 5.82 Å². The van der Waals surface area contributed by atoms with Gasteiger partial charge in [0.15, 0.2) is 0 Å². The lowest BCUT2D eigenvalue weighted by Crippen LogP contribution is -2.07. The number of nitrogens with one attached hydrogen (secondary N) is 1. The minimum Gasteiger partial charge on any atom is -0.326 e. The number of benzene rings is 2. The summed E-state index contributed by atoms with van der Waals surface area (Å²) >= 11 is 0. The van der Waals surface area contributed by atoms with Crippen molar-refractivity contribution in [2.75, 3.05) is 5.32 Å². The zero-order chi connectivity index (χ0) is 20.8. The summed E-state index contributed by atoms with van der Waals surface area (Å²) in [6.07, 6.45) is 4.66. The maximum Gasteiger partial charge on any atom is 0.316 e. The van der Waals surface area contributed by atoms with Gasteiger partial charge in [0.2, 0.25) is 5.91 Å². The van der Waals surface area contributed by atoms with E-state index in [-0.39, 0.29) is 18.3 Å². The number of carbonyl (C=O) groups excluding carboxylic acids is 1. The molecule has 0 bridgehead atoms. The van der Waals surface area contributed by atoms with Gasteiger partial charge in [-0.2, -0.15) is 5.10 Å². The van der Waals surface area contributed by atoms with E-state index in [9.17, 15) is 13.8 Å². The van der Waals surface area contributed by atoms with Crippen LogP contribution in [0.15, 0.2) is 60.8 Å². The van der Waals surface area contributed by atoms with Crippen LogP contribution in [0.4, 0.5) is 10.1 Å². The largest absolute Gasteiger partial charge is 0.326 e. The molecular formula is C20H19FN3O4P. The second-order valence-electron chi connectivity index (χ2n) is 6.15. The second-order valence-corrected chi connectivity index (χ2v) is 6.97. The molecule has 0 fully saturated rings. The van der Waals surface area contributed by atoms with Crippen molar-refractivity contribution in [1.82, 2.24) is 9.78 Å². The summed E-state index contributed by atoms with van der Waals surface area (Å²) in [5.74, 6) is -0.654. The number of hydrogen-bond donors (Lipinski definition) is 2. The minimum absolute atomic E-state index is 0.0234. The van der Waals surface area contributed by atoms with Gasteiger partial charge in [0.25, 0.3) is 0 Å². The van der Waals surface area contributed by atoms with E-state index in [0.29, 0.717) is 11.3 Å². The predicted octanol–water partition coefficient (Wildman–Crippen LogP) is 3.78.